The molecular weight excluding hydrogens is 328 g/mol. The Bertz CT molecular complexity index is 460. The Morgan fingerprint density at radius 2 is 1.95 bits per heavy atom. The fourth-order valence-electron chi connectivity index (χ4n) is 2.97. The second kappa shape index (κ2) is 7.95. The van der Waals surface area contributed by atoms with Crippen molar-refractivity contribution in [3.63, 3.8) is 0 Å². The van der Waals surface area contributed by atoms with Gasteiger partial charge in [-0.1, -0.05) is 47.8 Å². The van der Waals surface area contributed by atoms with E-state index in [1.54, 1.807) is 0 Å². The number of benzene rings is 1. The zero-order valence-corrected chi connectivity index (χ0v) is 14.4. The summed E-state index contributed by atoms with van der Waals surface area (Å²) in [5.74, 6) is 0.749. The largest absolute Gasteiger partial charge is 0.348 e. The molecule has 1 amide bonds. The van der Waals surface area contributed by atoms with Gasteiger partial charge in [0.25, 0.3) is 0 Å². The summed E-state index contributed by atoms with van der Waals surface area (Å²) in [6, 6.07) is 8.60. The molecule has 1 saturated carbocycles. The summed E-state index contributed by atoms with van der Waals surface area (Å²) >= 11 is 3.42. The second-order valence-corrected chi connectivity index (χ2v) is 7.01. The van der Waals surface area contributed by atoms with Crippen molar-refractivity contribution < 1.29 is 4.79 Å². The van der Waals surface area contributed by atoms with Gasteiger partial charge < -0.3 is 10.6 Å². The van der Waals surface area contributed by atoms with Gasteiger partial charge in [-0.25, -0.2) is 0 Å². The molecule has 3 atom stereocenters. The first-order valence-corrected chi connectivity index (χ1v) is 8.64. The van der Waals surface area contributed by atoms with Gasteiger partial charge in [0.15, 0.2) is 0 Å². The number of carbonyl (C=O) groups is 1. The predicted molar refractivity (Wildman–Crippen MR) is 90.1 cm³/mol. The maximum absolute atomic E-state index is 12.1. The number of halogens is 1. The van der Waals surface area contributed by atoms with Crippen LogP contribution in [0.25, 0.3) is 0 Å². The van der Waals surface area contributed by atoms with Crippen LogP contribution in [0.15, 0.2) is 28.7 Å². The van der Waals surface area contributed by atoms with Crippen LogP contribution in [0.2, 0.25) is 0 Å². The summed E-state index contributed by atoms with van der Waals surface area (Å²) in [4.78, 5) is 12.1. The van der Waals surface area contributed by atoms with Crippen molar-refractivity contribution in [1.82, 2.24) is 10.6 Å². The van der Waals surface area contributed by atoms with E-state index in [0.29, 0.717) is 18.5 Å². The van der Waals surface area contributed by atoms with Gasteiger partial charge in [-0.2, -0.15) is 0 Å². The molecule has 0 aliphatic heterocycles. The van der Waals surface area contributed by atoms with Crippen molar-refractivity contribution in [3.05, 3.63) is 34.3 Å². The lowest BCUT2D eigenvalue weighted by Gasteiger charge is -2.29. The van der Waals surface area contributed by atoms with Crippen LogP contribution in [0.1, 0.15) is 51.1 Å². The molecule has 21 heavy (non-hydrogen) atoms. The minimum Gasteiger partial charge on any atom is -0.348 e. The molecule has 0 saturated heterocycles. The van der Waals surface area contributed by atoms with Crippen LogP contribution in [-0.4, -0.2) is 18.5 Å². The van der Waals surface area contributed by atoms with Gasteiger partial charge >= 0.3 is 0 Å². The molecule has 0 heterocycles. The number of hydrogen-bond acceptors (Lipinski definition) is 2. The number of amides is 1. The zero-order valence-electron chi connectivity index (χ0n) is 12.9. The summed E-state index contributed by atoms with van der Waals surface area (Å²) in [6.45, 7) is 4.71. The van der Waals surface area contributed by atoms with Crippen molar-refractivity contribution in [2.75, 3.05) is 6.54 Å². The molecule has 0 spiro atoms. The first-order valence-electron chi connectivity index (χ1n) is 7.84. The van der Waals surface area contributed by atoms with Crippen molar-refractivity contribution >= 4 is 21.8 Å². The highest BCUT2D eigenvalue weighted by Crippen LogP contribution is 2.23. The van der Waals surface area contributed by atoms with E-state index >= 15 is 0 Å². The highest BCUT2D eigenvalue weighted by Gasteiger charge is 2.21. The normalized spacial score (nSPS) is 23.6. The molecule has 3 unspecified atom stereocenters. The molecule has 2 rings (SSSR count). The van der Waals surface area contributed by atoms with Gasteiger partial charge in [0.05, 0.1) is 12.6 Å². The lowest BCUT2D eigenvalue weighted by atomic mass is 9.86. The van der Waals surface area contributed by atoms with E-state index in [-0.39, 0.29) is 11.9 Å². The second-order valence-electron chi connectivity index (χ2n) is 6.09. The Labute approximate surface area is 136 Å². The van der Waals surface area contributed by atoms with E-state index < -0.39 is 0 Å². The highest BCUT2D eigenvalue weighted by molar-refractivity contribution is 9.10. The molecule has 1 aromatic rings. The SMILES string of the molecule is CC(NC(=O)CNC1CCCCC1C)c1ccc(Br)cc1. The van der Waals surface area contributed by atoms with Crippen LogP contribution >= 0.6 is 15.9 Å². The van der Waals surface area contributed by atoms with Crippen molar-refractivity contribution in [2.45, 2.75) is 51.6 Å². The molecule has 1 aromatic carbocycles. The lowest BCUT2D eigenvalue weighted by Crippen LogP contribution is -2.43. The van der Waals surface area contributed by atoms with Crippen LogP contribution in [0.3, 0.4) is 0 Å². The highest BCUT2D eigenvalue weighted by atomic mass is 79.9. The summed E-state index contributed by atoms with van der Waals surface area (Å²) < 4.78 is 1.05. The summed E-state index contributed by atoms with van der Waals surface area (Å²) in [6.07, 6.45) is 5.07. The van der Waals surface area contributed by atoms with Gasteiger partial charge in [0.1, 0.15) is 0 Å². The van der Waals surface area contributed by atoms with Gasteiger partial charge in [-0.3, -0.25) is 4.79 Å². The number of carbonyl (C=O) groups excluding carboxylic acids is 1. The Balaban J connectivity index is 1.77. The molecule has 2 N–H and O–H groups in total. The van der Waals surface area contributed by atoms with Crippen molar-refractivity contribution in [1.29, 1.82) is 0 Å². The maximum Gasteiger partial charge on any atom is 0.234 e. The van der Waals surface area contributed by atoms with Gasteiger partial charge in [-0.15, -0.1) is 0 Å². The van der Waals surface area contributed by atoms with E-state index in [4.69, 9.17) is 0 Å². The third-order valence-corrected chi connectivity index (χ3v) is 4.91. The van der Waals surface area contributed by atoms with E-state index in [1.807, 2.05) is 31.2 Å². The van der Waals surface area contributed by atoms with E-state index in [1.165, 1.54) is 25.7 Å². The van der Waals surface area contributed by atoms with E-state index in [2.05, 4.69) is 33.5 Å². The molecule has 4 heteroatoms. The molecule has 1 fully saturated rings. The van der Waals surface area contributed by atoms with Crippen LogP contribution in [0.4, 0.5) is 0 Å². The summed E-state index contributed by atoms with van der Waals surface area (Å²) in [7, 11) is 0. The fourth-order valence-corrected chi connectivity index (χ4v) is 3.23. The fraction of sp³-hybridized carbons (Fsp3) is 0.588. The van der Waals surface area contributed by atoms with Crippen LogP contribution < -0.4 is 10.6 Å². The molecule has 1 aliphatic rings. The third kappa shape index (κ3) is 5.11. The first-order chi connectivity index (χ1) is 10.1. The van der Waals surface area contributed by atoms with Crippen LogP contribution in [0.5, 0.6) is 0 Å². The topological polar surface area (TPSA) is 41.1 Å². The van der Waals surface area contributed by atoms with Crippen LogP contribution in [-0.2, 0) is 4.79 Å². The Morgan fingerprint density at radius 3 is 2.62 bits per heavy atom. The zero-order chi connectivity index (χ0) is 15.2. The quantitative estimate of drug-likeness (QED) is 0.846. The molecule has 1 aliphatic carbocycles. The van der Waals surface area contributed by atoms with E-state index in [0.717, 1.165) is 10.0 Å². The third-order valence-electron chi connectivity index (χ3n) is 4.38. The van der Waals surface area contributed by atoms with Crippen molar-refractivity contribution in [3.8, 4) is 0 Å². The minimum atomic E-state index is 0.0381. The Morgan fingerprint density at radius 1 is 1.29 bits per heavy atom. The first kappa shape index (κ1) is 16.5. The lowest BCUT2D eigenvalue weighted by molar-refractivity contribution is -0.121. The molecule has 0 aromatic heterocycles. The maximum atomic E-state index is 12.1. The van der Waals surface area contributed by atoms with Gasteiger partial charge in [-0.05, 0) is 43.4 Å². The van der Waals surface area contributed by atoms with Crippen LogP contribution in [0, 0.1) is 5.92 Å². The molecular formula is C17H25BrN2O. The standard InChI is InChI=1S/C17H25BrN2O/c1-12-5-3-4-6-16(12)19-11-17(21)20-13(2)14-7-9-15(18)10-8-14/h7-10,12-13,16,19H,3-6,11H2,1-2H3,(H,20,21). The Hall–Kier alpha value is -0.870. The Kier molecular flexibility index (Phi) is 6.24. The molecule has 3 nitrogen and oxygen atoms in total. The summed E-state index contributed by atoms with van der Waals surface area (Å²) in [5, 5.41) is 6.47. The van der Waals surface area contributed by atoms with Gasteiger partial charge in [0.2, 0.25) is 5.91 Å². The monoisotopic (exact) mass is 352 g/mol. The van der Waals surface area contributed by atoms with Crippen molar-refractivity contribution in [2.24, 2.45) is 5.92 Å². The van der Waals surface area contributed by atoms with E-state index in [9.17, 15) is 4.79 Å². The average Bonchev–Trinajstić information content (AvgIpc) is 2.47. The predicted octanol–water partition coefficient (Wildman–Crippen LogP) is 3.79. The van der Waals surface area contributed by atoms with Gasteiger partial charge in [0, 0.05) is 10.5 Å². The summed E-state index contributed by atoms with van der Waals surface area (Å²) in [5.41, 5.74) is 1.12. The average molecular weight is 353 g/mol. The molecule has 0 bridgehead atoms. The number of hydrogen-bond donors (Lipinski definition) is 2. The molecule has 0 radical (unpaired) electrons. The number of nitrogens with one attached hydrogen (secondary N) is 2. The minimum absolute atomic E-state index is 0.0381. The smallest absolute Gasteiger partial charge is 0.234 e. The molecule has 116 valence electrons. The number of rotatable bonds is 5.